The van der Waals surface area contributed by atoms with Crippen LogP contribution in [-0.2, 0) is 11.3 Å². The molecule has 2 aromatic rings. The van der Waals surface area contributed by atoms with Crippen LogP contribution >= 0.6 is 23.4 Å². The fourth-order valence-electron chi connectivity index (χ4n) is 1.93. The first kappa shape index (κ1) is 17.0. The molecule has 5 nitrogen and oxygen atoms in total. The monoisotopic (exact) mass is 339 g/mol. The molecule has 0 fully saturated rings. The summed E-state index contributed by atoms with van der Waals surface area (Å²) in [6.45, 7) is 3.32. The Labute approximate surface area is 139 Å². The molecule has 0 aliphatic heterocycles. The van der Waals surface area contributed by atoms with Gasteiger partial charge in [-0.25, -0.2) is 0 Å². The molecule has 1 atom stereocenters. The van der Waals surface area contributed by atoms with Crippen molar-refractivity contribution in [3.05, 3.63) is 41.2 Å². The average molecular weight is 340 g/mol. The summed E-state index contributed by atoms with van der Waals surface area (Å²) in [7, 11) is 1.68. The molecule has 0 radical (unpaired) electrons. The highest BCUT2D eigenvalue weighted by atomic mass is 35.5. The molecule has 0 amide bonds. The minimum absolute atomic E-state index is 0.0492. The first-order valence-corrected chi connectivity index (χ1v) is 8.20. The molecule has 7 heteroatoms. The second-order valence-corrected chi connectivity index (χ2v) is 6.53. The van der Waals surface area contributed by atoms with Crippen LogP contribution in [0, 0.1) is 0 Å². The van der Waals surface area contributed by atoms with Crippen LogP contribution in [-0.4, -0.2) is 39.5 Å². The molecule has 1 unspecified atom stereocenters. The van der Waals surface area contributed by atoms with Crippen LogP contribution < -0.4 is 0 Å². The topological polar surface area (TPSA) is 57.0 Å². The lowest BCUT2D eigenvalue weighted by Gasteiger charge is -2.11. The number of methoxy groups -OCH3 is 1. The zero-order chi connectivity index (χ0) is 15.9. The summed E-state index contributed by atoms with van der Waals surface area (Å²) < 4.78 is 6.98. The second kappa shape index (κ2) is 8.31. The summed E-state index contributed by atoms with van der Waals surface area (Å²) in [6, 6.07) is 6.93. The van der Waals surface area contributed by atoms with Gasteiger partial charge in [-0.1, -0.05) is 23.4 Å². The second-order valence-electron chi connectivity index (χ2n) is 4.78. The Kier molecular flexibility index (Phi) is 6.42. The summed E-state index contributed by atoms with van der Waals surface area (Å²) in [5.74, 6) is 0.0492. The fraction of sp³-hybridized carbons (Fsp3) is 0.400. The predicted octanol–water partition coefficient (Wildman–Crippen LogP) is 3.33. The van der Waals surface area contributed by atoms with Gasteiger partial charge in [0.25, 0.3) is 0 Å². The molecule has 0 saturated heterocycles. The quantitative estimate of drug-likeness (QED) is 0.419. The smallest absolute Gasteiger partial charge is 0.191 e. The molecule has 0 bridgehead atoms. The van der Waals surface area contributed by atoms with E-state index in [1.807, 2.05) is 11.5 Å². The molecule has 1 heterocycles. The minimum Gasteiger partial charge on any atom is -0.385 e. The van der Waals surface area contributed by atoms with Gasteiger partial charge < -0.3 is 9.30 Å². The third-order valence-corrected chi connectivity index (χ3v) is 4.45. The lowest BCUT2D eigenvalue weighted by atomic mass is 10.1. The lowest BCUT2D eigenvalue weighted by Crippen LogP contribution is -2.14. The number of rotatable bonds is 8. The minimum atomic E-state index is -0.244. The number of nitrogens with zero attached hydrogens (tertiary/aromatic N) is 3. The number of thioether (sulfide) groups is 1. The molecule has 22 heavy (non-hydrogen) atoms. The number of hydrogen-bond donors (Lipinski definition) is 0. The van der Waals surface area contributed by atoms with E-state index in [4.69, 9.17) is 16.3 Å². The van der Waals surface area contributed by atoms with E-state index in [0.29, 0.717) is 17.2 Å². The molecule has 0 spiro atoms. The lowest BCUT2D eigenvalue weighted by molar-refractivity contribution is 0.0994. The van der Waals surface area contributed by atoms with Crippen molar-refractivity contribution in [2.75, 3.05) is 13.7 Å². The molecular formula is C15H18ClN3O2S. The highest BCUT2D eigenvalue weighted by Gasteiger charge is 2.19. The van der Waals surface area contributed by atoms with Crippen molar-refractivity contribution in [2.45, 2.75) is 30.3 Å². The summed E-state index contributed by atoms with van der Waals surface area (Å²) in [6.07, 6.45) is 2.55. The van der Waals surface area contributed by atoms with E-state index in [1.165, 1.54) is 11.8 Å². The van der Waals surface area contributed by atoms with Gasteiger partial charge in [0.1, 0.15) is 6.33 Å². The number of hydrogen-bond acceptors (Lipinski definition) is 5. The average Bonchev–Trinajstić information content (AvgIpc) is 2.95. The number of Topliss-reactive ketones (excluding diaryl/α,β-unsaturated/α-hetero) is 1. The normalized spacial score (nSPS) is 12.3. The molecule has 2 rings (SSSR count). The van der Waals surface area contributed by atoms with Crippen molar-refractivity contribution >= 4 is 29.1 Å². The van der Waals surface area contributed by atoms with Crippen LogP contribution in [0.3, 0.4) is 0 Å². The molecule has 0 N–H and O–H groups in total. The predicted molar refractivity (Wildman–Crippen MR) is 87.6 cm³/mol. The zero-order valence-corrected chi connectivity index (χ0v) is 14.1. The van der Waals surface area contributed by atoms with Gasteiger partial charge in [0, 0.05) is 30.8 Å². The molecule has 0 aliphatic carbocycles. The Hall–Kier alpha value is -1.37. The number of ether oxygens (including phenoxy) is 1. The van der Waals surface area contributed by atoms with E-state index < -0.39 is 0 Å². The van der Waals surface area contributed by atoms with Gasteiger partial charge in [-0.05, 0) is 37.6 Å². The number of halogens is 1. The number of carbonyl (C=O) groups excluding carboxylic acids is 1. The third-order valence-electron chi connectivity index (χ3n) is 3.11. The van der Waals surface area contributed by atoms with Crippen molar-refractivity contribution in [2.24, 2.45) is 0 Å². The fourth-order valence-corrected chi connectivity index (χ4v) is 2.98. The number of ketones is 1. The maximum absolute atomic E-state index is 12.4. The Morgan fingerprint density at radius 1 is 1.41 bits per heavy atom. The Bertz CT molecular complexity index is 616. The van der Waals surface area contributed by atoms with E-state index in [9.17, 15) is 4.79 Å². The highest BCUT2D eigenvalue weighted by Crippen LogP contribution is 2.24. The molecule has 118 valence electrons. The summed E-state index contributed by atoms with van der Waals surface area (Å²) in [5.41, 5.74) is 0.648. The van der Waals surface area contributed by atoms with Crippen molar-refractivity contribution in [3.8, 4) is 0 Å². The number of aromatic nitrogens is 3. The van der Waals surface area contributed by atoms with Crippen LogP contribution in [0.4, 0.5) is 0 Å². The van der Waals surface area contributed by atoms with Gasteiger partial charge in [0.05, 0.1) is 5.25 Å². The number of aryl methyl sites for hydroxylation is 1. The van der Waals surface area contributed by atoms with Gasteiger partial charge in [-0.3, -0.25) is 4.79 Å². The van der Waals surface area contributed by atoms with Gasteiger partial charge in [-0.15, -0.1) is 10.2 Å². The molecule has 0 aliphatic rings. The Balaban J connectivity index is 1.99. The van der Waals surface area contributed by atoms with Crippen LogP contribution in [0.15, 0.2) is 35.7 Å². The van der Waals surface area contributed by atoms with Crippen molar-refractivity contribution in [3.63, 3.8) is 0 Å². The summed E-state index contributed by atoms with van der Waals surface area (Å²) in [5, 5.41) is 9.12. The third kappa shape index (κ3) is 4.56. The Morgan fingerprint density at radius 2 is 2.14 bits per heavy atom. The number of carbonyl (C=O) groups is 1. The van der Waals surface area contributed by atoms with E-state index >= 15 is 0 Å². The molecule has 1 aromatic heterocycles. The zero-order valence-electron chi connectivity index (χ0n) is 12.5. The summed E-state index contributed by atoms with van der Waals surface area (Å²) >= 11 is 7.25. The van der Waals surface area contributed by atoms with E-state index in [1.54, 1.807) is 37.7 Å². The molecule has 0 saturated carbocycles. The van der Waals surface area contributed by atoms with Crippen LogP contribution in [0.5, 0.6) is 0 Å². The van der Waals surface area contributed by atoms with Crippen molar-refractivity contribution < 1.29 is 9.53 Å². The van der Waals surface area contributed by atoms with E-state index in [-0.39, 0.29) is 11.0 Å². The van der Waals surface area contributed by atoms with E-state index in [0.717, 1.165) is 18.1 Å². The SMILES string of the molecule is COCCCn1cnnc1SC(C)C(=O)c1ccc(Cl)cc1. The maximum atomic E-state index is 12.4. The van der Waals surface area contributed by atoms with Crippen LogP contribution in [0.2, 0.25) is 5.02 Å². The first-order valence-electron chi connectivity index (χ1n) is 6.95. The van der Waals surface area contributed by atoms with Gasteiger partial charge in [0.2, 0.25) is 0 Å². The molecule has 1 aromatic carbocycles. The summed E-state index contributed by atoms with van der Waals surface area (Å²) in [4.78, 5) is 12.4. The first-order chi connectivity index (χ1) is 10.6. The Morgan fingerprint density at radius 3 is 2.82 bits per heavy atom. The number of benzene rings is 1. The standard InChI is InChI=1S/C15H18ClN3O2S/c1-11(14(20)12-4-6-13(16)7-5-12)22-15-18-17-10-19(15)8-3-9-21-2/h4-7,10-11H,3,8-9H2,1-2H3. The van der Waals surface area contributed by atoms with Gasteiger partial charge in [-0.2, -0.15) is 0 Å². The maximum Gasteiger partial charge on any atom is 0.191 e. The largest absolute Gasteiger partial charge is 0.385 e. The van der Waals surface area contributed by atoms with Gasteiger partial charge in [0.15, 0.2) is 10.9 Å². The van der Waals surface area contributed by atoms with Crippen molar-refractivity contribution in [1.29, 1.82) is 0 Å². The van der Waals surface area contributed by atoms with Crippen LogP contribution in [0.25, 0.3) is 0 Å². The van der Waals surface area contributed by atoms with Crippen molar-refractivity contribution in [1.82, 2.24) is 14.8 Å². The molecular weight excluding hydrogens is 322 g/mol. The van der Waals surface area contributed by atoms with Crippen LogP contribution in [0.1, 0.15) is 23.7 Å². The van der Waals surface area contributed by atoms with Gasteiger partial charge >= 0.3 is 0 Å². The van der Waals surface area contributed by atoms with E-state index in [2.05, 4.69) is 10.2 Å². The highest BCUT2D eigenvalue weighted by molar-refractivity contribution is 8.00.